The molecule has 1 saturated heterocycles. The number of esters is 1. The van der Waals surface area contributed by atoms with E-state index in [0.29, 0.717) is 6.61 Å². The molecule has 1 aliphatic heterocycles. The van der Waals surface area contributed by atoms with Crippen molar-refractivity contribution >= 4 is 5.97 Å². The van der Waals surface area contributed by atoms with Gasteiger partial charge in [0, 0.05) is 6.04 Å². The lowest BCUT2D eigenvalue weighted by molar-refractivity contribution is -0.152. The number of rotatable bonds is 7. The zero-order valence-electron chi connectivity index (χ0n) is 17.5. The van der Waals surface area contributed by atoms with Crippen molar-refractivity contribution in [1.82, 2.24) is 4.90 Å². The second-order valence-electron chi connectivity index (χ2n) is 8.10. The Bertz CT molecular complexity index is 927. The molecule has 3 aromatic carbocycles. The van der Waals surface area contributed by atoms with Crippen LogP contribution in [0.25, 0.3) is 0 Å². The first-order valence-corrected chi connectivity index (χ1v) is 10.8. The van der Waals surface area contributed by atoms with Crippen molar-refractivity contribution in [1.29, 1.82) is 0 Å². The average Bonchev–Trinajstić information content (AvgIpc) is 3.22. The Hall–Kier alpha value is -2.91. The van der Waals surface area contributed by atoms with E-state index >= 15 is 0 Å². The number of hydrogen-bond acceptors (Lipinski definition) is 3. The minimum Gasteiger partial charge on any atom is -0.460 e. The van der Waals surface area contributed by atoms with Crippen LogP contribution in [0, 0.1) is 5.92 Å². The summed E-state index contributed by atoms with van der Waals surface area (Å²) in [4.78, 5) is 15.6. The normalized spacial score (nSPS) is 20.0. The Kier molecular flexibility index (Phi) is 6.60. The lowest BCUT2D eigenvalue weighted by Crippen LogP contribution is -2.42. The Morgan fingerprint density at radius 3 is 2.10 bits per heavy atom. The molecule has 4 rings (SSSR count). The zero-order valence-corrected chi connectivity index (χ0v) is 17.5. The molecule has 0 radical (unpaired) electrons. The SMILES string of the molecule is C[C@H](c1ccccc1)N1CC[C@H](Cc2ccccc2)[C@@H]1C(=O)OCc1ccccc1. The summed E-state index contributed by atoms with van der Waals surface area (Å²) in [6.45, 7) is 3.41. The molecule has 0 N–H and O–H groups in total. The maximum Gasteiger partial charge on any atom is 0.324 e. The van der Waals surface area contributed by atoms with Gasteiger partial charge in [0.05, 0.1) is 0 Å². The molecule has 3 nitrogen and oxygen atoms in total. The second-order valence-corrected chi connectivity index (χ2v) is 8.10. The van der Waals surface area contributed by atoms with E-state index in [-0.39, 0.29) is 24.0 Å². The van der Waals surface area contributed by atoms with E-state index in [0.717, 1.165) is 24.9 Å². The minimum atomic E-state index is -0.232. The summed E-state index contributed by atoms with van der Waals surface area (Å²) in [6.07, 6.45) is 1.89. The van der Waals surface area contributed by atoms with Gasteiger partial charge in [0.25, 0.3) is 0 Å². The lowest BCUT2D eigenvalue weighted by Gasteiger charge is -2.32. The highest BCUT2D eigenvalue weighted by molar-refractivity contribution is 5.77. The van der Waals surface area contributed by atoms with E-state index < -0.39 is 0 Å². The monoisotopic (exact) mass is 399 g/mol. The van der Waals surface area contributed by atoms with E-state index in [1.165, 1.54) is 11.1 Å². The van der Waals surface area contributed by atoms with E-state index in [4.69, 9.17) is 4.74 Å². The van der Waals surface area contributed by atoms with Gasteiger partial charge in [-0.3, -0.25) is 9.69 Å². The molecule has 3 heteroatoms. The molecule has 0 spiro atoms. The van der Waals surface area contributed by atoms with E-state index in [1.54, 1.807) is 0 Å². The van der Waals surface area contributed by atoms with Crippen LogP contribution in [0.5, 0.6) is 0 Å². The van der Waals surface area contributed by atoms with Crippen LogP contribution in [0.15, 0.2) is 91.0 Å². The molecule has 1 aliphatic rings. The lowest BCUT2D eigenvalue weighted by atomic mass is 9.92. The third kappa shape index (κ3) is 4.80. The van der Waals surface area contributed by atoms with E-state index in [2.05, 4.69) is 60.4 Å². The standard InChI is InChI=1S/C27H29NO2/c1-21(24-15-9-4-10-16-24)28-18-17-25(19-22-11-5-2-6-12-22)26(28)27(29)30-20-23-13-7-3-8-14-23/h2-16,21,25-26H,17-20H2,1H3/t21-,25-,26-/m1/s1. The van der Waals surface area contributed by atoms with Gasteiger partial charge in [-0.15, -0.1) is 0 Å². The molecule has 0 amide bonds. The number of carbonyl (C=O) groups excluding carboxylic acids is 1. The largest absolute Gasteiger partial charge is 0.460 e. The molecule has 1 fully saturated rings. The number of benzene rings is 3. The van der Waals surface area contributed by atoms with Crippen molar-refractivity contribution in [2.75, 3.05) is 6.54 Å². The molecule has 0 saturated carbocycles. The van der Waals surface area contributed by atoms with Crippen LogP contribution in [0.2, 0.25) is 0 Å². The summed E-state index contributed by atoms with van der Waals surface area (Å²) in [7, 11) is 0. The Balaban J connectivity index is 1.53. The Morgan fingerprint density at radius 2 is 1.47 bits per heavy atom. The van der Waals surface area contributed by atoms with Crippen molar-refractivity contribution in [3.8, 4) is 0 Å². The van der Waals surface area contributed by atoms with Crippen molar-refractivity contribution in [2.24, 2.45) is 5.92 Å². The summed E-state index contributed by atoms with van der Waals surface area (Å²) < 4.78 is 5.82. The smallest absolute Gasteiger partial charge is 0.324 e. The van der Waals surface area contributed by atoms with E-state index in [1.807, 2.05) is 42.5 Å². The quantitative estimate of drug-likeness (QED) is 0.497. The van der Waals surface area contributed by atoms with Crippen LogP contribution in [0.3, 0.4) is 0 Å². The first-order valence-electron chi connectivity index (χ1n) is 10.8. The predicted molar refractivity (Wildman–Crippen MR) is 120 cm³/mol. The molecular formula is C27H29NO2. The van der Waals surface area contributed by atoms with Crippen LogP contribution in [-0.2, 0) is 22.6 Å². The number of hydrogen-bond donors (Lipinski definition) is 0. The molecule has 154 valence electrons. The third-order valence-electron chi connectivity index (χ3n) is 6.15. The maximum atomic E-state index is 13.3. The van der Waals surface area contributed by atoms with Gasteiger partial charge >= 0.3 is 5.97 Å². The molecule has 0 aromatic heterocycles. The van der Waals surface area contributed by atoms with Crippen molar-refractivity contribution in [3.63, 3.8) is 0 Å². The molecule has 0 unspecified atom stereocenters. The summed E-state index contributed by atoms with van der Waals surface area (Å²) >= 11 is 0. The minimum absolute atomic E-state index is 0.111. The highest BCUT2D eigenvalue weighted by Gasteiger charge is 2.42. The molecule has 30 heavy (non-hydrogen) atoms. The topological polar surface area (TPSA) is 29.5 Å². The number of likely N-dealkylation sites (tertiary alicyclic amines) is 1. The molecule has 0 bridgehead atoms. The first kappa shape index (κ1) is 20.4. The summed E-state index contributed by atoms with van der Waals surface area (Å²) in [6, 6.07) is 30.7. The second kappa shape index (κ2) is 9.73. The summed E-state index contributed by atoms with van der Waals surface area (Å²) in [5, 5.41) is 0. The van der Waals surface area contributed by atoms with Crippen LogP contribution >= 0.6 is 0 Å². The van der Waals surface area contributed by atoms with Gasteiger partial charge in [-0.2, -0.15) is 0 Å². The Morgan fingerprint density at radius 1 is 0.900 bits per heavy atom. The van der Waals surface area contributed by atoms with Crippen LogP contribution in [0.4, 0.5) is 0 Å². The van der Waals surface area contributed by atoms with Gasteiger partial charge in [-0.05, 0) is 48.9 Å². The van der Waals surface area contributed by atoms with Crippen LogP contribution in [0.1, 0.15) is 36.1 Å². The van der Waals surface area contributed by atoms with E-state index in [9.17, 15) is 4.79 Å². The van der Waals surface area contributed by atoms with Crippen molar-refractivity contribution in [3.05, 3.63) is 108 Å². The summed E-state index contributed by atoms with van der Waals surface area (Å²) in [5.41, 5.74) is 3.53. The van der Waals surface area contributed by atoms with Crippen molar-refractivity contribution < 1.29 is 9.53 Å². The first-order chi connectivity index (χ1) is 14.7. The highest BCUT2D eigenvalue weighted by atomic mass is 16.5. The number of carbonyl (C=O) groups is 1. The van der Waals surface area contributed by atoms with Gasteiger partial charge in [-0.25, -0.2) is 0 Å². The molecule has 1 heterocycles. The fraction of sp³-hybridized carbons (Fsp3) is 0.296. The average molecular weight is 400 g/mol. The zero-order chi connectivity index (χ0) is 20.8. The van der Waals surface area contributed by atoms with Gasteiger partial charge in [0.2, 0.25) is 0 Å². The fourth-order valence-electron chi connectivity index (χ4n) is 4.51. The summed E-state index contributed by atoms with van der Waals surface area (Å²) in [5.74, 6) is 0.141. The number of nitrogens with zero attached hydrogens (tertiary/aromatic N) is 1. The highest BCUT2D eigenvalue weighted by Crippen LogP contribution is 2.35. The van der Waals surface area contributed by atoms with Gasteiger partial charge in [0.15, 0.2) is 0 Å². The Labute approximate surface area is 179 Å². The molecule has 3 atom stereocenters. The van der Waals surface area contributed by atoms with Crippen LogP contribution in [-0.4, -0.2) is 23.5 Å². The predicted octanol–water partition coefficient (Wildman–Crippen LogP) is 5.42. The third-order valence-corrected chi connectivity index (χ3v) is 6.15. The van der Waals surface area contributed by atoms with Crippen molar-refractivity contribution in [2.45, 2.75) is 38.5 Å². The maximum absolute atomic E-state index is 13.3. The number of ether oxygens (including phenoxy) is 1. The molecule has 3 aromatic rings. The molecule has 0 aliphatic carbocycles. The van der Waals surface area contributed by atoms with Crippen LogP contribution < -0.4 is 0 Å². The van der Waals surface area contributed by atoms with Gasteiger partial charge in [-0.1, -0.05) is 91.0 Å². The fourth-order valence-corrected chi connectivity index (χ4v) is 4.51. The van der Waals surface area contributed by atoms with Gasteiger partial charge in [0.1, 0.15) is 12.6 Å². The molecular weight excluding hydrogens is 370 g/mol. The van der Waals surface area contributed by atoms with Gasteiger partial charge < -0.3 is 4.74 Å².